The minimum atomic E-state index is -0.220. The van der Waals surface area contributed by atoms with E-state index in [0.717, 1.165) is 21.8 Å². The number of aromatic nitrogens is 4. The Hall–Kier alpha value is -3.79. The van der Waals surface area contributed by atoms with Crippen LogP contribution in [0.3, 0.4) is 0 Å². The molecule has 1 N–H and O–H groups in total. The molecule has 1 amide bonds. The predicted octanol–water partition coefficient (Wildman–Crippen LogP) is 3.06. The fourth-order valence-electron chi connectivity index (χ4n) is 2.99. The first-order chi connectivity index (χ1) is 15.6. The molecule has 0 saturated carbocycles. The number of fused-ring (bicyclic) bond motifs is 1. The van der Waals surface area contributed by atoms with Gasteiger partial charge in [0.05, 0.1) is 30.1 Å². The molecule has 0 radical (unpaired) electrons. The SMILES string of the molecule is COc1ccc(/C=N/NC(=O)CSc2nc3ccccc3n2C)cc1OCn1cccn1. The topological polar surface area (TPSA) is 95.6 Å². The average Bonchev–Trinajstić information content (AvgIpc) is 3.44. The van der Waals surface area contributed by atoms with Gasteiger partial charge >= 0.3 is 0 Å². The zero-order chi connectivity index (χ0) is 22.3. The number of hydrogen-bond donors (Lipinski definition) is 1. The average molecular weight is 451 g/mol. The van der Waals surface area contributed by atoms with E-state index in [2.05, 4.69) is 20.6 Å². The molecule has 9 nitrogen and oxygen atoms in total. The summed E-state index contributed by atoms with van der Waals surface area (Å²) in [6, 6.07) is 15.1. The minimum Gasteiger partial charge on any atom is -0.493 e. The number of nitrogens with one attached hydrogen (secondary N) is 1. The second-order valence-electron chi connectivity index (χ2n) is 6.75. The Morgan fingerprint density at radius 2 is 2.09 bits per heavy atom. The number of para-hydroxylation sites is 2. The van der Waals surface area contributed by atoms with Crippen molar-refractivity contribution in [2.75, 3.05) is 12.9 Å². The van der Waals surface area contributed by atoms with Crippen molar-refractivity contribution in [2.24, 2.45) is 12.1 Å². The zero-order valence-corrected chi connectivity index (χ0v) is 18.5. The monoisotopic (exact) mass is 450 g/mol. The third-order valence-corrected chi connectivity index (χ3v) is 5.61. The van der Waals surface area contributed by atoms with Gasteiger partial charge < -0.3 is 14.0 Å². The highest BCUT2D eigenvalue weighted by atomic mass is 32.2. The van der Waals surface area contributed by atoms with Gasteiger partial charge in [0.15, 0.2) is 23.4 Å². The highest BCUT2D eigenvalue weighted by Gasteiger charge is 2.10. The van der Waals surface area contributed by atoms with Crippen LogP contribution in [-0.4, -0.2) is 44.3 Å². The second kappa shape index (κ2) is 10.0. The smallest absolute Gasteiger partial charge is 0.250 e. The second-order valence-corrected chi connectivity index (χ2v) is 7.70. The number of methoxy groups -OCH3 is 1. The highest BCUT2D eigenvalue weighted by Crippen LogP contribution is 2.28. The van der Waals surface area contributed by atoms with Crippen LogP contribution in [-0.2, 0) is 18.6 Å². The van der Waals surface area contributed by atoms with E-state index < -0.39 is 0 Å². The van der Waals surface area contributed by atoms with Crippen LogP contribution in [0.4, 0.5) is 0 Å². The van der Waals surface area contributed by atoms with E-state index in [1.807, 2.05) is 48.0 Å². The summed E-state index contributed by atoms with van der Waals surface area (Å²) in [6.45, 7) is 0.250. The van der Waals surface area contributed by atoms with Gasteiger partial charge in [-0.05, 0) is 42.0 Å². The van der Waals surface area contributed by atoms with Crippen LogP contribution in [0.1, 0.15) is 5.56 Å². The molecule has 4 aromatic rings. The number of hydrogen-bond acceptors (Lipinski definition) is 7. The van der Waals surface area contributed by atoms with Crippen LogP contribution in [0.5, 0.6) is 11.5 Å². The van der Waals surface area contributed by atoms with Crippen LogP contribution in [0, 0.1) is 0 Å². The molecule has 0 atom stereocenters. The molecule has 0 spiro atoms. The molecule has 2 aromatic heterocycles. The van der Waals surface area contributed by atoms with Crippen molar-refractivity contribution in [1.82, 2.24) is 24.8 Å². The Kier molecular flexibility index (Phi) is 6.71. The number of ether oxygens (including phenoxy) is 2. The maximum Gasteiger partial charge on any atom is 0.250 e. The van der Waals surface area contributed by atoms with Crippen molar-refractivity contribution >= 4 is 34.9 Å². The molecule has 0 aliphatic heterocycles. The maximum absolute atomic E-state index is 12.2. The summed E-state index contributed by atoms with van der Waals surface area (Å²) in [5.74, 6) is 1.13. The molecule has 0 saturated heterocycles. The van der Waals surface area contributed by atoms with Gasteiger partial charge in [0.1, 0.15) is 0 Å². The number of aryl methyl sites for hydroxylation is 1. The van der Waals surface area contributed by atoms with Gasteiger partial charge in [-0.3, -0.25) is 4.79 Å². The predicted molar refractivity (Wildman–Crippen MR) is 123 cm³/mol. The quantitative estimate of drug-likeness (QED) is 0.239. The Morgan fingerprint density at radius 1 is 1.22 bits per heavy atom. The van der Waals surface area contributed by atoms with Gasteiger partial charge in [0.25, 0.3) is 5.91 Å². The van der Waals surface area contributed by atoms with E-state index in [1.54, 1.807) is 42.5 Å². The first kappa shape index (κ1) is 21.4. The summed E-state index contributed by atoms with van der Waals surface area (Å²) in [4.78, 5) is 16.7. The number of rotatable bonds is 9. The van der Waals surface area contributed by atoms with Gasteiger partial charge in [-0.2, -0.15) is 10.2 Å². The van der Waals surface area contributed by atoms with Crippen LogP contribution < -0.4 is 14.9 Å². The van der Waals surface area contributed by atoms with Crippen molar-refractivity contribution in [2.45, 2.75) is 11.9 Å². The molecule has 4 rings (SSSR count). The molecule has 164 valence electrons. The summed E-state index contributed by atoms with van der Waals surface area (Å²) >= 11 is 1.36. The van der Waals surface area contributed by atoms with Gasteiger partial charge in [-0.1, -0.05) is 23.9 Å². The Labute approximate surface area is 189 Å². The van der Waals surface area contributed by atoms with E-state index in [9.17, 15) is 4.79 Å². The molecule has 0 unspecified atom stereocenters. The van der Waals surface area contributed by atoms with Crippen molar-refractivity contribution in [3.8, 4) is 11.5 Å². The number of carbonyl (C=O) groups excluding carboxylic acids is 1. The molecule has 0 aliphatic carbocycles. The maximum atomic E-state index is 12.2. The van der Waals surface area contributed by atoms with Crippen LogP contribution in [0.2, 0.25) is 0 Å². The summed E-state index contributed by atoms with van der Waals surface area (Å²) in [5, 5.41) is 8.93. The van der Waals surface area contributed by atoms with E-state index in [-0.39, 0.29) is 18.4 Å². The Bertz CT molecular complexity index is 1240. The molecule has 0 aliphatic rings. The first-order valence-electron chi connectivity index (χ1n) is 9.78. The Balaban J connectivity index is 1.33. The third kappa shape index (κ3) is 5.09. The lowest BCUT2D eigenvalue weighted by Crippen LogP contribution is -2.19. The van der Waals surface area contributed by atoms with Gasteiger partial charge in [0.2, 0.25) is 0 Å². The van der Waals surface area contributed by atoms with E-state index >= 15 is 0 Å². The number of amides is 1. The molecular weight excluding hydrogens is 428 g/mol. The van der Waals surface area contributed by atoms with E-state index in [0.29, 0.717) is 11.5 Å². The van der Waals surface area contributed by atoms with Crippen molar-refractivity contribution in [3.63, 3.8) is 0 Å². The molecule has 10 heteroatoms. The van der Waals surface area contributed by atoms with Crippen LogP contribution in [0.15, 0.2) is 71.2 Å². The molecule has 2 heterocycles. The Morgan fingerprint density at radius 3 is 2.88 bits per heavy atom. The standard InChI is InChI=1S/C22H22N6O3S/c1-27-18-7-4-3-6-17(18)25-22(27)32-14-21(29)26-23-13-16-8-9-19(30-2)20(12-16)31-15-28-11-5-10-24-28/h3-13H,14-15H2,1-2H3,(H,26,29)/b23-13+. The minimum absolute atomic E-state index is 0.204. The number of hydrazone groups is 1. The van der Waals surface area contributed by atoms with Crippen molar-refractivity contribution in [3.05, 3.63) is 66.5 Å². The lowest BCUT2D eigenvalue weighted by Gasteiger charge is -2.11. The molecule has 2 aromatic carbocycles. The number of imidazole rings is 1. The van der Waals surface area contributed by atoms with Gasteiger partial charge in [-0.25, -0.2) is 15.1 Å². The van der Waals surface area contributed by atoms with E-state index in [1.165, 1.54) is 11.8 Å². The lowest BCUT2D eigenvalue weighted by atomic mass is 10.2. The van der Waals surface area contributed by atoms with Crippen molar-refractivity contribution in [1.29, 1.82) is 0 Å². The summed E-state index contributed by atoms with van der Waals surface area (Å²) in [7, 11) is 3.51. The first-order valence-corrected chi connectivity index (χ1v) is 10.8. The number of carbonyl (C=O) groups is 1. The molecular formula is C22H22N6O3S. The van der Waals surface area contributed by atoms with E-state index in [4.69, 9.17) is 9.47 Å². The lowest BCUT2D eigenvalue weighted by molar-refractivity contribution is -0.118. The zero-order valence-electron chi connectivity index (χ0n) is 17.6. The number of thioether (sulfide) groups is 1. The van der Waals surface area contributed by atoms with Crippen LogP contribution in [0.25, 0.3) is 11.0 Å². The molecule has 0 bridgehead atoms. The number of nitrogens with zero attached hydrogens (tertiary/aromatic N) is 5. The fourth-order valence-corrected chi connectivity index (χ4v) is 3.77. The largest absolute Gasteiger partial charge is 0.493 e. The fraction of sp³-hybridized carbons (Fsp3) is 0.182. The highest BCUT2D eigenvalue weighted by molar-refractivity contribution is 7.99. The molecule has 32 heavy (non-hydrogen) atoms. The summed E-state index contributed by atoms with van der Waals surface area (Å²) in [6.07, 6.45) is 5.04. The van der Waals surface area contributed by atoms with Crippen molar-refractivity contribution < 1.29 is 14.3 Å². The summed E-state index contributed by atoms with van der Waals surface area (Å²) in [5.41, 5.74) is 5.23. The normalized spacial score (nSPS) is 11.2. The summed E-state index contributed by atoms with van der Waals surface area (Å²) < 4.78 is 14.7. The van der Waals surface area contributed by atoms with Gasteiger partial charge in [-0.15, -0.1) is 0 Å². The van der Waals surface area contributed by atoms with Crippen LogP contribution >= 0.6 is 11.8 Å². The third-order valence-electron chi connectivity index (χ3n) is 4.58. The van der Waals surface area contributed by atoms with Gasteiger partial charge in [0, 0.05) is 19.4 Å². The number of benzene rings is 2. The molecule has 0 fully saturated rings.